The highest BCUT2D eigenvalue weighted by Gasteiger charge is 2.30. The minimum Gasteiger partial charge on any atom is -0.326 e. The summed E-state index contributed by atoms with van der Waals surface area (Å²) >= 11 is 0. The van der Waals surface area contributed by atoms with Crippen molar-refractivity contribution in [2.75, 3.05) is 13.1 Å². The molecule has 76 valence electrons. The average Bonchev–Trinajstić information content (AvgIpc) is 2.72. The number of hydrogen-bond acceptors (Lipinski definition) is 2. The lowest BCUT2D eigenvalue weighted by atomic mass is 9.99. The first-order valence-corrected chi connectivity index (χ1v) is 5.77. The molecule has 1 aliphatic carbocycles. The molecule has 0 spiro atoms. The smallest absolute Gasteiger partial charge is 0.0180 e. The van der Waals surface area contributed by atoms with Crippen molar-refractivity contribution in [3.05, 3.63) is 0 Å². The van der Waals surface area contributed by atoms with Gasteiger partial charge in [-0.1, -0.05) is 12.8 Å². The number of nitrogens with zero attached hydrogens (tertiary/aromatic N) is 1. The molecule has 13 heavy (non-hydrogen) atoms. The second kappa shape index (κ2) is 3.97. The second-order valence-electron chi connectivity index (χ2n) is 4.83. The Morgan fingerprint density at radius 3 is 2.46 bits per heavy atom. The third-order valence-corrected chi connectivity index (χ3v) is 3.91. The molecule has 2 aliphatic rings. The maximum atomic E-state index is 5.92. The molecule has 0 aromatic heterocycles. The lowest BCUT2D eigenvalue weighted by molar-refractivity contribution is 0.189. The number of nitrogens with two attached hydrogens (primary N) is 1. The summed E-state index contributed by atoms with van der Waals surface area (Å²) in [6.07, 6.45) is 7.01. The lowest BCUT2D eigenvalue weighted by Crippen LogP contribution is -2.37. The highest BCUT2D eigenvalue weighted by molar-refractivity contribution is 4.86. The number of rotatable bonds is 2. The molecule has 0 amide bonds. The Balaban J connectivity index is 1.85. The molecule has 2 unspecified atom stereocenters. The van der Waals surface area contributed by atoms with Gasteiger partial charge >= 0.3 is 0 Å². The minimum atomic E-state index is 0.448. The van der Waals surface area contributed by atoms with Crippen molar-refractivity contribution in [3.63, 3.8) is 0 Å². The molecule has 0 radical (unpaired) electrons. The number of likely N-dealkylation sites (tertiary alicyclic amines) is 1. The van der Waals surface area contributed by atoms with Crippen LogP contribution < -0.4 is 5.73 Å². The predicted octanol–water partition coefficient (Wildman–Crippen LogP) is 1.60. The lowest BCUT2D eigenvalue weighted by Gasteiger charge is -2.29. The Hall–Kier alpha value is -0.0800. The van der Waals surface area contributed by atoms with E-state index >= 15 is 0 Å². The molecule has 2 fully saturated rings. The Labute approximate surface area is 81.5 Å². The first kappa shape index (κ1) is 9.47. The molecular formula is C11H22N2. The molecule has 2 atom stereocenters. The van der Waals surface area contributed by atoms with Crippen molar-refractivity contribution in [2.24, 2.45) is 11.7 Å². The van der Waals surface area contributed by atoms with Crippen molar-refractivity contribution in [3.8, 4) is 0 Å². The summed E-state index contributed by atoms with van der Waals surface area (Å²) in [6, 6.07) is 1.24. The summed E-state index contributed by atoms with van der Waals surface area (Å²) in [5.74, 6) is 0.963. The Bertz CT molecular complexity index is 163. The van der Waals surface area contributed by atoms with Gasteiger partial charge in [-0.15, -0.1) is 0 Å². The molecule has 0 aromatic carbocycles. The highest BCUT2D eigenvalue weighted by atomic mass is 15.2. The summed E-state index contributed by atoms with van der Waals surface area (Å²) in [5.41, 5.74) is 5.92. The van der Waals surface area contributed by atoms with Crippen molar-refractivity contribution >= 4 is 0 Å². The Morgan fingerprint density at radius 2 is 1.92 bits per heavy atom. The van der Waals surface area contributed by atoms with Gasteiger partial charge in [0.2, 0.25) is 0 Å². The van der Waals surface area contributed by atoms with Crippen molar-refractivity contribution in [2.45, 2.75) is 51.1 Å². The van der Waals surface area contributed by atoms with Crippen LogP contribution in [0.3, 0.4) is 0 Å². The van der Waals surface area contributed by atoms with Crippen LogP contribution in [-0.4, -0.2) is 30.1 Å². The van der Waals surface area contributed by atoms with E-state index in [4.69, 9.17) is 5.73 Å². The van der Waals surface area contributed by atoms with Crippen LogP contribution in [0.15, 0.2) is 0 Å². The fraction of sp³-hybridized carbons (Fsp3) is 1.00. The third-order valence-electron chi connectivity index (χ3n) is 3.91. The van der Waals surface area contributed by atoms with Gasteiger partial charge in [-0.25, -0.2) is 0 Å². The van der Waals surface area contributed by atoms with Crippen molar-refractivity contribution in [1.82, 2.24) is 4.90 Å². The maximum absolute atomic E-state index is 5.92. The van der Waals surface area contributed by atoms with E-state index in [-0.39, 0.29) is 0 Å². The topological polar surface area (TPSA) is 29.3 Å². The molecule has 1 aliphatic heterocycles. The molecule has 1 saturated carbocycles. The molecule has 2 N–H and O–H groups in total. The van der Waals surface area contributed by atoms with Crippen LogP contribution in [0, 0.1) is 5.92 Å². The van der Waals surface area contributed by atoms with Gasteiger partial charge in [0, 0.05) is 25.2 Å². The summed E-state index contributed by atoms with van der Waals surface area (Å²) in [7, 11) is 0. The van der Waals surface area contributed by atoms with Crippen LogP contribution in [0.5, 0.6) is 0 Å². The fourth-order valence-corrected chi connectivity index (χ4v) is 2.92. The van der Waals surface area contributed by atoms with E-state index in [2.05, 4.69) is 11.8 Å². The zero-order valence-electron chi connectivity index (χ0n) is 8.71. The van der Waals surface area contributed by atoms with E-state index in [0.717, 1.165) is 18.5 Å². The largest absolute Gasteiger partial charge is 0.326 e. The highest BCUT2D eigenvalue weighted by Crippen LogP contribution is 2.31. The zero-order valence-corrected chi connectivity index (χ0v) is 8.71. The van der Waals surface area contributed by atoms with Gasteiger partial charge < -0.3 is 5.73 Å². The third kappa shape index (κ3) is 2.05. The molecule has 1 heterocycles. The summed E-state index contributed by atoms with van der Waals surface area (Å²) in [6.45, 7) is 4.77. The molecule has 2 nitrogen and oxygen atoms in total. The normalized spacial score (nSPS) is 34.2. The van der Waals surface area contributed by atoms with Crippen LogP contribution in [0.2, 0.25) is 0 Å². The molecule has 0 aromatic rings. The van der Waals surface area contributed by atoms with Gasteiger partial charge in [0.15, 0.2) is 0 Å². The van der Waals surface area contributed by atoms with E-state index in [1.807, 2.05) is 0 Å². The molecule has 0 bridgehead atoms. The monoisotopic (exact) mass is 182 g/mol. The van der Waals surface area contributed by atoms with Crippen LogP contribution >= 0.6 is 0 Å². The first-order valence-electron chi connectivity index (χ1n) is 5.77. The zero-order chi connectivity index (χ0) is 9.26. The summed E-state index contributed by atoms with van der Waals surface area (Å²) in [5, 5.41) is 0. The summed E-state index contributed by atoms with van der Waals surface area (Å²) < 4.78 is 0. The first-order chi connectivity index (χ1) is 6.27. The quantitative estimate of drug-likeness (QED) is 0.703. The van der Waals surface area contributed by atoms with Crippen molar-refractivity contribution in [1.29, 1.82) is 0 Å². The van der Waals surface area contributed by atoms with Gasteiger partial charge in [-0.2, -0.15) is 0 Å². The number of hydrogen-bond donors (Lipinski definition) is 1. The van der Waals surface area contributed by atoms with Crippen LogP contribution in [0.1, 0.15) is 39.0 Å². The van der Waals surface area contributed by atoms with Crippen LogP contribution in [-0.2, 0) is 0 Å². The van der Waals surface area contributed by atoms with Gasteiger partial charge in [-0.05, 0) is 32.1 Å². The fourth-order valence-electron chi connectivity index (χ4n) is 2.92. The molecule has 1 saturated heterocycles. The van der Waals surface area contributed by atoms with E-state index in [9.17, 15) is 0 Å². The van der Waals surface area contributed by atoms with E-state index in [1.54, 1.807) is 0 Å². The maximum Gasteiger partial charge on any atom is 0.0180 e. The minimum absolute atomic E-state index is 0.448. The second-order valence-corrected chi connectivity index (χ2v) is 4.83. The van der Waals surface area contributed by atoms with Gasteiger partial charge in [-0.3, -0.25) is 4.90 Å². The molecule has 2 heteroatoms. The van der Waals surface area contributed by atoms with Crippen LogP contribution in [0.25, 0.3) is 0 Å². The van der Waals surface area contributed by atoms with Crippen molar-refractivity contribution < 1.29 is 0 Å². The van der Waals surface area contributed by atoms with Gasteiger partial charge in [0.05, 0.1) is 0 Å². The molecule has 2 rings (SSSR count). The van der Waals surface area contributed by atoms with E-state index in [1.165, 1.54) is 38.6 Å². The Kier molecular flexibility index (Phi) is 2.89. The summed E-state index contributed by atoms with van der Waals surface area (Å²) in [4.78, 5) is 2.60. The van der Waals surface area contributed by atoms with Gasteiger partial charge in [0.25, 0.3) is 0 Å². The Morgan fingerprint density at radius 1 is 1.23 bits per heavy atom. The predicted molar refractivity (Wildman–Crippen MR) is 55.6 cm³/mol. The molecular weight excluding hydrogens is 160 g/mol. The standard InChI is InChI=1S/C11H22N2/c1-9(10-4-2-3-5-10)13-7-6-11(12)8-13/h9-11H,2-8,12H2,1H3. The average molecular weight is 182 g/mol. The van der Waals surface area contributed by atoms with E-state index in [0.29, 0.717) is 6.04 Å². The van der Waals surface area contributed by atoms with Crippen LogP contribution in [0.4, 0.5) is 0 Å². The van der Waals surface area contributed by atoms with Gasteiger partial charge in [0.1, 0.15) is 0 Å². The van der Waals surface area contributed by atoms with E-state index < -0.39 is 0 Å². The SMILES string of the molecule is CC(C1CCCC1)N1CCC(N)C1.